The van der Waals surface area contributed by atoms with Crippen molar-refractivity contribution in [3.63, 3.8) is 0 Å². The molecule has 1 aromatic heterocycles. The summed E-state index contributed by atoms with van der Waals surface area (Å²) in [4.78, 5) is 5.60. The molecule has 2 nitrogen and oxygen atoms in total. The molecule has 0 aliphatic carbocycles. The Hall–Kier alpha value is -1.74. The lowest BCUT2D eigenvalue weighted by atomic mass is 10.1. The first-order valence-electron chi connectivity index (χ1n) is 7.38. The number of halogens is 2. The molecule has 0 unspecified atom stereocenters. The van der Waals surface area contributed by atoms with Crippen molar-refractivity contribution < 1.29 is 0 Å². The number of H-pyrrole nitrogens is 1. The van der Waals surface area contributed by atoms with Gasteiger partial charge in [0.25, 0.3) is 0 Å². The smallest absolute Gasteiger partial charge is 0.0499 e. The van der Waals surface area contributed by atoms with E-state index in [1.807, 2.05) is 30.5 Å². The number of hydrogen-bond donors (Lipinski definition) is 1. The normalized spacial score (nSPS) is 11.3. The monoisotopic (exact) mass is 346 g/mol. The van der Waals surface area contributed by atoms with Gasteiger partial charge in [0, 0.05) is 29.8 Å². The van der Waals surface area contributed by atoms with Gasteiger partial charge in [-0.05, 0) is 35.7 Å². The van der Waals surface area contributed by atoms with Gasteiger partial charge in [-0.1, -0.05) is 60.2 Å². The van der Waals surface area contributed by atoms with E-state index in [1.165, 1.54) is 16.5 Å². The van der Waals surface area contributed by atoms with Crippen LogP contribution >= 0.6 is 24.0 Å². The molecular weight excluding hydrogens is 327 g/mol. The quantitative estimate of drug-likeness (QED) is 0.656. The third kappa shape index (κ3) is 4.38. The van der Waals surface area contributed by atoms with E-state index < -0.39 is 0 Å². The predicted octanol–water partition coefficient (Wildman–Crippen LogP) is 5.39. The van der Waals surface area contributed by atoms with E-state index >= 15 is 0 Å². The van der Waals surface area contributed by atoms with Gasteiger partial charge in [0.05, 0.1) is 0 Å². The zero-order chi connectivity index (χ0) is 15.4. The lowest BCUT2D eigenvalue weighted by molar-refractivity contribution is 0.365. The molecule has 0 aliphatic heterocycles. The number of fused-ring (bicyclic) bond motifs is 1. The summed E-state index contributed by atoms with van der Waals surface area (Å²) in [6, 6.07) is 16.4. The lowest BCUT2D eigenvalue weighted by Crippen LogP contribution is -2.17. The highest BCUT2D eigenvalue weighted by Gasteiger charge is 2.04. The van der Waals surface area contributed by atoms with E-state index in [0.29, 0.717) is 0 Å². The molecule has 2 aromatic carbocycles. The number of aromatic amines is 1. The Morgan fingerprint density at radius 1 is 1.09 bits per heavy atom. The highest BCUT2D eigenvalue weighted by Crippen LogP contribution is 2.19. The van der Waals surface area contributed by atoms with Gasteiger partial charge in [-0.25, -0.2) is 0 Å². The zero-order valence-electron chi connectivity index (χ0n) is 13.0. The lowest BCUT2D eigenvalue weighted by Gasteiger charge is -2.15. The Kier molecular flexibility index (Phi) is 6.28. The van der Waals surface area contributed by atoms with E-state index in [9.17, 15) is 0 Å². The number of para-hydroxylation sites is 1. The van der Waals surface area contributed by atoms with Crippen molar-refractivity contribution in [2.75, 3.05) is 13.6 Å². The maximum absolute atomic E-state index is 6.15. The van der Waals surface area contributed by atoms with Gasteiger partial charge >= 0.3 is 0 Å². The van der Waals surface area contributed by atoms with Gasteiger partial charge in [0.15, 0.2) is 0 Å². The molecule has 0 atom stereocenters. The third-order valence-electron chi connectivity index (χ3n) is 3.73. The maximum atomic E-state index is 6.15. The van der Waals surface area contributed by atoms with Crippen LogP contribution in [0.1, 0.15) is 11.1 Å². The summed E-state index contributed by atoms with van der Waals surface area (Å²) in [5.41, 5.74) is 3.60. The SMILES string of the molecule is CN(C/C=C/c1ccccc1Cl)Cc1cccc2cc[nH]c12.Cl. The Morgan fingerprint density at radius 2 is 1.91 bits per heavy atom. The van der Waals surface area contributed by atoms with Crippen LogP contribution in [0.15, 0.2) is 60.8 Å². The van der Waals surface area contributed by atoms with E-state index in [-0.39, 0.29) is 12.4 Å². The van der Waals surface area contributed by atoms with Crippen LogP contribution in [-0.4, -0.2) is 23.5 Å². The summed E-state index contributed by atoms with van der Waals surface area (Å²) in [5, 5.41) is 2.05. The van der Waals surface area contributed by atoms with E-state index in [0.717, 1.165) is 23.7 Å². The van der Waals surface area contributed by atoms with Crippen molar-refractivity contribution in [1.82, 2.24) is 9.88 Å². The Balaban J connectivity index is 0.00000192. The van der Waals surface area contributed by atoms with Gasteiger partial charge in [0.1, 0.15) is 0 Å². The second-order valence-corrected chi connectivity index (χ2v) is 5.89. The highest BCUT2D eigenvalue weighted by atomic mass is 35.5. The summed E-state index contributed by atoms with van der Waals surface area (Å²) in [5.74, 6) is 0. The fourth-order valence-electron chi connectivity index (χ4n) is 2.61. The van der Waals surface area contributed by atoms with Gasteiger partial charge in [0.2, 0.25) is 0 Å². The fourth-order valence-corrected chi connectivity index (χ4v) is 2.81. The van der Waals surface area contributed by atoms with Crippen molar-refractivity contribution in [1.29, 1.82) is 0 Å². The first kappa shape index (κ1) is 17.6. The number of rotatable bonds is 5. The van der Waals surface area contributed by atoms with Crippen LogP contribution in [0.5, 0.6) is 0 Å². The number of likely N-dealkylation sites (N-methyl/N-ethyl adjacent to an activating group) is 1. The summed E-state index contributed by atoms with van der Waals surface area (Å²) in [6.07, 6.45) is 6.22. The second kappa shape index (κ2) is 8.21. The average molecular weight is 347 g/mol. The highest BCUT2D eigenvalue weighted by molar-refractivity contribution is 6.32. The minimum atomic E-state index is 0. The summed E-state index contributed by atoms with van der Waals surface area (Å²) < 4.78 is 0. The maximum Gasteiger partial charge on any atom is 0.0499 e. The summed E-state index contributed by atoms with van der Waals surface area (Å²) in [6.45, 7) is 1.78. The van der Waals surface area contributed by atoms with Crippen molar-refractivity contribution in [3.8, 4) is 0 Å². The Morgan fingerprint density at radius 3 is 2.74 bits per heavy atom. The molecule has 0 saturated carbocycles. The number of benzene rings is 2. The minimum absolute atomic E-state index is 0. The van der Waals surface area contributed by atoms with Gasteiger partial charge < -0.3 is 4.98 Å². The Bertz CT molecular complexity index is 793. The number of aromatic nitrogens is 1. The van der Waals surface area contributed by atoms with Gasteiger partial charge in [-0.2, -0.15) is 0 Å². The first-order chi connectivity index (χ1) is 10.7. The van der Waals surface area contributed by atoms with Crippen LogP contribution in [0.4, 0.5) is 0 Å². The van der Waals surface area contributed by atoms with Crippen LogP contribution < -0.4 is 0 Å². The van der Waals surface area contributed by atoms with E-state index in [4.69, 9.17) is 11.6 Å². The van der Waals surface area contributed by atoms with E-state index in [2.05, 4.69) is 53.3 Å². The fraction of sp³-hybridized carbons (Fsp3) is 0.158. The van der Waals surface area contributed by atoms with Crippen molar-refractivity contribution >= 4 is 41.0 Å². The van der Waals surface area contributed by atoms with E-state index in [1.54, 1.807) is 0 Å². The molecule has 1 N–H and O–H groups in total. The molecule has 0 saturated heterocycles. The number of hydrogen-bond acceptors (Lipinski definition) is 1. The molecular formula is C19H20Cl2N2. The predicted molar refractivity (Wildman–Crippen MR) is 102 cm³/mol. The molecule has 23 heavy (non-hydrogen) atoms. The van der Waals surface area contributed by atoms with Crippen LogP contribution in [-0.2, 0) is 6.54 Å². The van der Waals surface area contributed by atoms with Crippen molar-refractivity contribution in [2.24, 2.45) is 0 Å². The molecule has 0 bridgehead atoms. The minimum Gasteiger partial charge on any atom is -0.361 e. The van der Waals surface area contributed by atoms with Crippen LogP contribution in [0.3, 0.4) is 0 Å². The van der Waals surface area contributed by atoms with Gasteiger partial charge in [-0.15, -0.1) is 12.4 Å². The topological polar surface area (TPSA) is 19.0 Å². The summed E-state index contributed by atoms with van der Waals surface area (Å²) in [7, 11) is 2.12. The van der Waals surface area contributed by atoms with Crippen LogP contribution in [0, 0.1) is 0 Å². The molecule has 120 valence electrons. The molecule has 0 amide bonds. The molecule has 0 radical (unpaired) electrons. The molecule has 3 rings (SSSR count). The molecule has 4 heteroatoms. The Labute approximate surface area is 148 Å². The van der Waals surface area contributed by atoms with Gasteiger partial charge in [-0.3, -0.25) is 4.90 Å². The average Bonchev–Trinajstić information content (AvgIpc) is 2.99. The van der Waals surface area contributed by atoms with Crippen molar-refractivity contribution in [3.05, 3.63) is 77.0 Å². The molecule has 1 heterocycles. The largest absolute Gasteiger partial charge is 0.361 e. The van der Waals surface area contributed by atoms with Crippen molar-refractivity contribution in [2.45, 2.75) is 6.54 Å². The number of nitrogens with one attached hydrogen (secondary N) is 1. The molecule has 0 fully saturated rings. The van der Waals surface area contributed by atoms with Crippen LogP contribution in [0.2, 0.25) is 5.02 Å². The standard InChI is InChI=1S/C19H19ClN2.ClH/c1-22(13-5-9-15-6-2-3-10-18(15)20)14-17-8-4-7-16-11-12-21-19(16)17;/h2-12,21H,13-14H2,1H3;1H/b9-5+;. The molecule has 3 aromatic rings. The zero-order valence-corrected chi connectivity index (χ0v) is 14.6. The molecule has 0 aliphatic rings. The summed E-state index contributed by atoms with van der Waals surface area (Å²) >= 11 is 6.15. The number of nitrogens with zero attached hydrogens (tertiary/aromatic N) is 1. The van der Waals surface area contributed by atoms with Crippen LogP contribution in [0.25, 0.3) is 17.0 Å². The second-order valence-electron chi connectivity index (χ2n) is 5.48. The first-order valence-corrected chi connectivity index (χ1v) is 7.76. The third-order valence-corrected chi connectivity index (χ3v) is 4.08. The molecule has 0 spiro atoms.